The molecule has 80 valence electrons. The molecule has 1 aromatic rings. The summed E-state index contributed by atoms with van der Waals surface area (Å²) in [5, 5.41) is 8.36. The lowest BCUT2D eigenvalue weighted by molar-refractivity contribution is 0.409. The van der Waals surface area contributed by atoms with Crippen LogP contribution in [0.15, 0.2) is 6.20 Å². The number of aromatic nitrogens is 2. The number of nitrogens with one attached hydrogen (secondary N) is 1. The second-order valence-electron chi connectivity index (χ2n) is 3.39. The van der Waals surface area contributed by atoms with Crippen LogP contribution in [0.1, 0.15) is 32.0 Å². The monoisotopic (exact) mass is 215 g/mol. The minimum Gasteiger partial charge on any atom is -0.315 e. The van der Waals surface area contributed by atoms with E-state index in [4.69, 9.17) is 11.6 Å². The minimum absolute atomic E-state index is 0.405. The lowest BCUT2D eigenvalue weighted by Gasteiger charge is -2.17. The van der Waals surface area contributed by atoms with E-state index in [1.165, 1.54) is 0 Å². The summed E-state index contributed by atoms with van der Waals surface area (Å²) in [4.78, 5) is 0. The molecule has 1 N–H and O–H groups in total. The zero-order valence-corrected chi connectivity index (χ0v) is 9.80. The van der Waals surface area contributed by atoms with Gasteiger partial charge in [0.1, 0.15) is 0 Å². The maximum atomic E-state index is 5.96. The molecule has 1 heterocycles. The average Bonchev–Trinajstić information content (AvgIpc) is 2.51. The van der Waals surface area contributed by atoms with E-state index in [0.717, 1.165) is 30.2 Å². The molecule has 0 spiro atoms. The number of halogens is 1. The molecule has 0 aliphatic heterocycles. The third-order valence-electron chi connectivity index (χ3n) is 2.43. The maximum absolute atomic E-state index is 5.96. The summed E-state index contributed by atoms with van der Waals surface area (Å²) in [7, 11) is 0. The first kappa shape index (κ1) is 11.5. The van der Waals surface area contributed by atoms with Crippen molar-refractivity contribution in [1.82, 2.24) is 15.1 Å². The van der Waals surface area contributed by atoms with Crippen molar-refractivity contribution >= 4 is 11.6 Å². The summed E-state index contributed by atoms with van der Waals surface area (Å²) in [6.45, 7) is 8.22. The van der Waals surface area contributed by atoms with E-state index in [1.54, 1.807) is 6.20 Å². The third kappa shape index (κ3) is 2.49. The molecular weight excluding hydrogens is 198 g/mol. The van der Waals surface area contributed by atoms with Crippen molar-refractivity contribution in [2.75, 3.05) is 13.1 Å². The molecule has 1 unspecified atom stereocenters. The van der Waals surface area contributed by atoms with E-state index in [-0.39, 0.29) is 0 Å². The van der Waals surface area contributed by atoms with Gasteiger partial charge in [-0.1, -0.05) is 25.4 Å². The van der Waals surface area contributed by atoms with Gasteiger partial charge in [-0.2, -0.15) is 5.10 Å². The Morgan fingerprint density at radius 3 is 2.71 bits per heavy atom. The van der Waals surface area contributed by atoms with Crippen LogP contribution in [0, 0.1) is 6.92 Å². The van der Waals surface area contributed by atoms with Crippen LogP contribution < -0.4 is 5.32 Å². The molecule has 0 aliphatic carbocycles. The summed E-state index contributed by atoms with van der Waals surface area (Å²) in [6.07, 6.45) is 2.78. The SMILES string of the molecule is CCNCC(CC)n1ncc(Cl)c1C. The molecule has 0 amide bonds. The topological polar surface area (TPSA) is 29.9 Å². The van der Waals surface area contributed by atoms with Crippen LogP contribution in [0.4, 0.5) is 0 Å². The Balaban J connectivity index is 2.73. The molecule has 0 saturated heterocycles. The minimum atomic E-state index is 0.405. The number of nitrogens with zero attached hydrogens (tertiary/aromatic N) is 2. The smallest absolute Gasteiger partial charge is 0.0815 e. The van der Waals surface area contributed by atoms with E-state index in [1.807, 2.05) is 11.6 Å². The lowest BCUT2D eigenvalue weighted by atomic mass is 10.2. The molecule has 3 nitrogen and oxygen atoms in total. The van der Waals surface area contributed by atoms with Crippen LogP contribution in [0.25, 0.3) is 0 Å². The first-order valence-electron chi connectivity index (χ1n) is 5.11. The molecule has 0 saturated carbocycles. The van der Waals surface area contributed by atoms with Crippen molar-refractivity contribution in [3.8, 4) is 0 Å². The van der Waals surface area contributed by atoms with Gasteiger partial charge in [0.05, 0.1) is 23.0 Å². The third-order valence-corrected chi connectivity index (χ3v) is 2.80. The molecule has 0 radical (unpaired) electrons. The highest BCUT2D eigenvalue weighted by Crippen LogP contribution is 2.19. The standard InChI is InChI=1S/C10H18ClN3/c1-4-9(6-12-5-2)14-8(3)10(11)7-13-14/h7,9,12H,4-6H2,1-3H3. The maximum Gasteiger partial charge on any atom is 0.0815 e. The highest BCUT2D eigenvalue weighted by atomic mass is 35.5. The van der Waals surface area contributed by atoms with Crippen LogP contribution in [-0.2, 0) is 0 Å². The second-order valence-corrected chi connectivity index (χ2v) is 3.80. The van der Waals surface area contributed by atoms with E-state index >= 15 is 0 Å². The zero-order valence-electron chi connectivity index (χ0n) is 9.05. The molecular formula is C10H18ClN3. The van der Waals surface area contributed by atoms with Gasteiger partial charge in [-0.15, -0.1) is 0 Å². The molecule has 14 heavy (non-hydrogen) atoms. The molecule has 1 aromatic heterocycles. The molecule has 0 fully saturated rings. The lowest BCUT2D eigenvalue weighted by Crippen LogP contribution is -2.26. The van der Waals surface area contributed by atoms with Crippen molar-refractivity contribution in [2.45, 2.75) is 33.2 Å². The first-order chi connectivity index (χ1) is 6.70. The molecule has 4 heteroatoms. The second kappa shape index (κ2) is 5.37. The largest absolute Gasteiger partial charge is 0.315 e. The number of hydrogen-bond acceptors (Lipinski definition) is 2. The molecule has 1 rings (SSSR count). The fraction of sp³-hybridized carbons (Fsp3) is 0.700. The summed E-state index contributed by atoms with van der Waals surface area (Å²) in [5.41, 5.74) is 1.05. The van der Waals surface area contributed by atoms with Crippen molar-refractivity contribution in [3.05, 3.63) is 16.9 Å². The quantitative estimate of drug-likeness (QED) is 0.818. The van der Waals surface area contributed by atoms with Gasteiger partial charge in [-0.25, -0.2) is 0 Å². The highest BCUT2D eigenvalue weighted by Gasteiger charge is 2.12. The van der Waals surface area contributed by atoms with Crippen molar-refractivity contribution in [2.24, 2.45) is 0 Å². The first-order valence-corrected chi connectivity index (χ1v) is 5.48. The molecule has 1 atom stereocenters. The highest BCUT2D eigenvalue weighted by molar-refractivity contribution is 6.31. The van der Waals surface area contributed by atoms with Gasteiger partial charge in [-0.3, -0.25) is 4.68 Å². The summed E-state index contributed by atoms with van der Waals surface area (Å²) in [6, 6.07) is 0.405. The van der Waals surface area contributed by atoms with Gasteiger partial charge in [-0.05, 0) is 19.9 Å². The number of likely N-dealkylation sites (N-methyl/N-ethyl adjacent to an activating group) is 1. The van der Waals surface area contributed by atoms with Gasteiger partial charge < -0.3 is 5.32 Å². The predicted molar refractivity (Wildman–Crippen MR) is 59.8 cm³/mol. The van der Waals surface area contributed by atoms with Gasteiger partial charge in [0.15, 0.2) is 0 Å². The van der Waals surface area contributed by atoms with Gasteiger partial charge >= 0.3 is 0 Å². The Hall–Kier alpha value is -0.540. The van der Waals surface area contributed by atoms with Gasteiger partial charge in [0, 0.05) is 6.54 Å². The summed E-state index contributed by atoms with van der Waals surface area (Å²) >= 11 is 5.96. The fourth-order valence-corrected chi connectivity index (χ4v) is 1.62. The van der Waals surface area contributed by atoms with Crippen LogP contribution in [0.5, 0.6) is 0 Å². The Morgan fingerprint density at radius 2 is 2.29 bits per heavy atom. The predicted octanol–water partition coefficient (Wildman–Crippen LogP) is 2.41. The van der Waals surface area contributed by atoms with E-state index in [9.17, 15) is 0 Å². The van der Waals surface area contributed by atoms with E-state index < -0.39 is 0 Å². The number of hydrogen-bond donors (Lipinski definition) is 1. The van der Waals surface area contributed by atoms with E-state index in [2.05, 4.69) is 24.3 Å². The number of rotatable bonds is 5. The average molecular weight is 216 g/mol. The van der Waals surface area contributed by atoms with E-state index in [0.29, 0.717) is 6.04 Å². The van der Waals surface area contributed by atoms with Crippen LogP contribution in [0.3, 0.4) is 0 Å². The van der Waals surface area contributed by atoms with Crippen LogP contribution in [-0.4, -0.2) is 22.9 Å². The normalized spacial score (nSPS) is 13.1. The van der Waals surface area contributed by atoms with Crippen molar-refractivity contribution < 1.29 is 0 Å². The molecule has 0 aromatic carbocycles. The van der Waals surface area contributed by atoms with Gasteiger partial charge in [0.25, 0.3) is 0 Å². The molecule has 0 aliphatic rings. The Morgan fingerprint density at radius 1 is 1.57 bits per heavy atom. The van der Waals surface area contributed by atoms with Crippen molar-refractivity contribution in [1.29, 1.82) is 0 Å². The van der Waals surface area contributed by atoms with Crippen LogP contribution in [0.2, 0.25) is 5.02 Å². The Bertz CT molecular complexity index is 283. The summed E-state index contributed by atoms with van der Waals surface area (Å²) < 4.78 is 2.00. The van der Waals surface area contributed by atoms with Crippen molar-refractivity contribution in [3.63, 3.8) is 0 Å². The van der Waals surface area contributed by atoms with Crippen LogP contribution >= 0.6 is 11.6 Å². The molecule has 0 bridgehead atoms. The summed E-state index contributed by atoms with van der Waals surface area (Å²) in [5.74, 6) is 0. The Labute approximate surface area is 90.4 Å². The fourth-order valence-electron chi connectivity index (χ4n) is 1.49. The Kier molecular flexibility index (Phi) is 4.42. The zero-order chi connectivity index (χ0) is 10.6. The van der Waals surface area contributed by atoms with Gasteiger partial charge in [0.2, 0.25) is 0 Å².